The number of furan rings is 1. The molecule has 1 aromatic rings. The van der Waals surface area contributed by atoms with Crippen LogP contribution in [0.25, 0.3) is 0 Å². The second kappa shape index (κ2) is 6.82. The van der Waals surface area contributed by atoms with E-state index >= 15 is 0 Å². The average Bonchev–Trinajstić information content (AvgIpc) is 2.78. The lowest BCUT2D eigenvalue weighted by Crippen LogP contribution is -2.36. The standard InChI is InChI=1S/C13H21N3O3/c1-9(2)8-16(6-4-12(14)15-18)13(17)11-5-7-19-10(11)3/h5,7,9,18H,4,6,8H2,1-3H3,(H2,14,15). The van der Waals surface area contributed by atoms with E-state index in [1.807, 2.05) is 13.8 Å². The number of rotatable bonds is 6. The SMILES string of the molecule is Cc1occc1C(=O)N(CCC(N)=NO)CC(C)C. The monoisotopic (exact) mass is 267 g/mol. The number of oxime groups is 1. The van der Waals surface area contributed by atoms with Crippen LogP contribution < -0.4 is 5.73 Å². The van der Waals surface area contributed by atoms with Crippen LogP contribution in [0.5, 0.6) is 0 Å². The first-order chi connectivity index (χ1) is 8.95. The van der Waals surface area contributed by atoms with Crippen molar-refractivity contribution in [3.8, 4) is 0 Å². The fourth-order valence-electron chi connectivity index (χ4n) is 1.79. The second-order valence-corrected chi connectivity index (χ2v) is 4.88. The van der Waals surface area contributed by atoms with Crippen molar-refractivity contribution in [1.29, 1.82) is 0 Å². The van der Waals surface area contributed by atoms with Gasteiger partial charge in [-0.15, -0.1) is 0 Å². The maximum absolute atomic E-state index is 12.4. The van der Waals surface area contributed by atoms with Crippen molar-refractivity contribution in [2.45, 2.75) is 27.2 Å². The molecule has 3 N–H and O–H groups in total. The summed E-state index contributed by atoms with van der Waals surface area (Å²) in [5.41, 5.74) is 6.00. The van der Waals surface area contributed by atoms with Crippen LogP contribution in [0.4, 0.5) is 0 Å². The fraction of sp³-hybridized carbons (Fsp3) is 0.538. The molecule has 19 heavy (non-hydrogen) atoms. The van der Waals surface area contributed by atoms with Crippen molar-refractivity contribution in [2.75, 3.05) is 13.1 Å². The highest BCUT2D eigenvalue weighted by molar-refractivity contribution is 5.95. The third-order valence-electron chi connectivity index (χ3n) is 2.73. The van der Waals surface area contributed by atoms with E-state index in [9.17, 15) is 4.79 Å². The summed E-state index contributed by atoms with van der Waals surface area (Å²) in [7, 11) is 0. The molecule has 0 saturated carbocycles. The highest BCUT2D eigenvalue weighted by atomic mass is 16.4. The summed E-state index contributed by atoms with van der Waals surface area (Å²) in [5.74, 6) is 0.960. The Morgan fingerprint density at radius 1 is 1.58 bits per heavy atom. The van der Waals surface area contributed by atoms with Crippen molar-refractivity contribution < 1.29 is 14.4 Å². The van der Waals surface area contributed by atoms with Crippen LogP contribution in [0.3, 0.4) is 0 Å². The molecule has 0 fully saturated rings. The Hall–Kier alpha value is -1.98. The third-order valence-corrected chi connectivity index (χ3v) is 2.73. The lowest BCUT2D eigenvalue weighted by atomic mass is 10.1. The molecule has 0 aliphatic carbocycles. The van der Waals surface area contributed by atoms with E-state index in [2.05, 4.69) is 5.16 Å². The molecule has 6 nitrogen and oxygen atoms in total. The molecule has 1 amide bonds. The second-order valence-electron chi connectivity index (χ2n) is 4.88. The van der Waals surface area contributed by atoms with Crippen LogP contribution >= 0.6 is 0 Å². The number of amides is 1. The maximum Gasteiger partial charge on any atom is 0.257 e. The normalized spacial score (nSPS) is 11.9. The highest BCUT2D eigenvalue weighted by Crippen LogP contribution is 2.13. The number of carbonyl (C=O) groups is 1. The molecule has 106 valence electrons. The van der Waals surface area contributed by atoms with Gasteiger partial charge >= 0.3 is 0 Å². The van der Waals surface area contributed by atoms with Gasteiger partial charge in [0.15, 0.2) is 0 Å². The molecule has 0 aromatic carbocycles. The Kier molecular flexibility index (Phi) is 5.41. The van der Waals surface area contributed by atoms with Crippen LogP contribution in [-0.4, -0.2) is 34.9 Å². The van der Waals surface area contributed by atoms with Crippen LogP contribution in [0.1, 0.15) is 36.4 Å². The van der Waals surface area contributed by atoms with Gasteiger partial charge in [-0.2, -0.15) is 0 Å². The van der Waals surface area contributed by atoms with E-state index in [-0.39, 0.29) is 11.7 Å². The molecule has 0 aliphatic heterocycles. The summed E-state index contributed by atoms with van der Waals surface area (Å²) in [6, 6.07) is 1.66. The van der Waals surface area contributed by atoms with E-state index in [0.29, 0.717) is 36.8 Å². The maximum atomic E-state index is 12.4. The molecule has 0 bridgehead atoms. The van der Waals surface area contributed by atoms with Gasteiger partial charge in [0.1, 0.15) is 11.6 Å². The molecule has 0 radical (unpaired) electrons. The van der Waals surface area contributed by atoms with Gasteiger partial charge in [0.25, 0.3) is 5.91 Å². The zero-order valence-corrected chi connectivity index (χ0v) is 11.6. The van der Waals surface area contributed by atoms with Gasteiger partial charge in [0.05, 0.1) is 11.8 Å². The number of carbonyl (C=O) groups excluding carboxylic acids is 1. The first kappa shape index (κ1) is 15.1. The molecule has 1 heterocycles. The van der Waals surface area contributed by atoms with Gasteiger partial charge < -0.3 is 20.3 Å². The van der Waals surface area contributed by atoms with E-state index in [1.165, 1.54) is 6.26 Å². The fourth-order valence-corrected chi connectivity index (χ4v) is 1.79. The minimum Gasteiger partial charge on any atom is -0.469 e. The average molecular weight is 267 g/mol. The molecule has 0 atom stereocenters. The first-order valence-electron chi connectivity index (χ1n) is 6.25. The van der Waals surface area contributed by atoms with Crippen molar-refractivity contribution >= 4 is 11.7 Å². The van der Waals surface area contributed by atoms with Crippen LogP contribution in [0.2, 0.25) is 0 Å². The predicted octanol–water partition coefficient (Wildman–Crippen LogP) is 1.82. The van der Waals surface area contributed by atoms with Crippen LogP contribution in [-0.2, 0) is 0 Å². The molecule has 0 saturated heterocycles. The number of nitrogens with two attached hydrogens (primary N) is 1. The number of hydrogen-bond donors (Lipinski definition) is 2. The van der Waals surface area contributed by atoms with Crippen LogP contribution in [0.15, 0.2) is 21.9 Å². The van der Waals surface area contributed by atoms with Gasteiger partial charge in [0, 0.05) is 19.5 Å². The molecular weight excluding hydrogens is 246 g/mol. The molecule has 1 aromatic heterocycles. The summed E-state index contributed by atoms with van der Waals surface area (Å²) < 4.78 is 5.15. The van der Waals surface area contributed by atoms with Crippen LogP contribution in [0, 0.1) is 12.8 Å². The lowest BCUT2D eigenvalue weighted by Gasteiger charge is -2.24. The molecule has 0 aliphatic rings. The first-order valence-corrected chi connectivity index (χ1v) is 6.25. The van der Waals surface area contributed by atoms with Gasteiger partial charge in [-0.3, -0.25) is 4.79 Å². The molecule has 6 heteroatoms. The van der Waals surface area contributed by atoms with Gasteiger partial charge in [-0.25, -0.2) is 0 Å². The van der Waals surface area contributed by atoms with Gasteiger partial charge in [-0.05, 0) is 18.9 Å². The Labute approximate surface area is 112 Å². The lowest BCUT2D eigenvalue weighted by molar-refractivity contribution is 0.0739. The number of hydrogen-bond acceptors (Lipinski definition) is 4. The Morgan fingerprint density at radius 2 is 2.26 bits per heavy atom. The number of amidine groups is 1. The van der Waals surface area contributed by atoms with Crippen molar-refractivity contribution in [2.24, 2.45) is 16.8 Å². The Balaban J connectivity index is 2.79. The third kappa shape index (κ3) is 4.31. The van der Waals surface area contributed by atoms with Crippen molar-refractivity contribution in [3.63, 3.8) is 0 Å². The molecule has 0 unspecified atom stereocenters. The Morgan fingerprint density at radius 3 is 2.74 bits per heavy atom. The predicted molar refractivity (Wildman–Crippen MR) is 72.2 cm³/mol. The zero-order valence-electron chi connectivity index (χ0n) is 11.6. The molecule has 0 spiro atoms. The number of aryl methyl sites for hydroxylation is 1. The van der Waals surface area contributed by atoms with Gasteiger partial charge in [0.2, 0.25) is 0 Å². The zero-order chi connectivity index (χ0) is 14.4. The minimum absolute atomic E-state index is 0.0920. The molecule has 1 rings (SSSR count). The quantitative estimate of drug-likeness (QED) is 0.356. The summed E-state index contributed by atoms with van der Waals surface area (Å²) in [4.78, 5) is 14.1. The van der Waals surface area contributed by atoms with Crippen molar-refractivity contribution in [1.82, 2.24) is 4.90 Å². The topological polar surface area (TPSA) is 92.1 Å². The molecular formula is C13H21N3O3. The van der Waals surface area contributed by atoms with Gasteiger partial charge in [-0.1, -0.05) is 19.0 Å². The minimum atomic E-state index is -0.0920. The van der Waals surface area contributed by atoms with E-state index in [4.69, 9.17) is 15.4 Å². The largest absolute Gasteiger partial charge is 0.469 e. The summed E-state index contributed by atoms with van der Waals surface area (Å²) in [6.45, 7) is 6.85. The van der Waals surface area contributed by atoms with E-state index < -0.39 is 0 Å². The van der Waals surface area contributed by atoms with E-state index in [0.717, 1.165) is 0 Å². The summed E-state index contributed by atoms with van der Waals surface area (Å²) >= 11 is 0. The summed E-state index contributed by atoms with van der Waals surface area (Å²) in [6.07, 6.45) is 1.84. The highest BCUT2D eigenvalue weighted by Gasteiger charge is 2.20. The summed E-state index contributed by atoms with van der Waals surface area (Å²) in [5, 5.41) is 11.5. The Bertz CT molecular complexity index is 452. The van der Waals surface area contributed by atoms with E-state index in [1.54, 1.807) is 17.9 Å². The smallest absolute Gasteiger partial charge is 0.257 e. The number of nitrogens with zero attached hydrogens (tertiary/aromatic N) is 2. The van der Waals surface area contributed by atoms with Crippen molar-refractivity contribution in [3.05, 3.63) is 23.7 Å².